The van der Waals surface area contributed by atoms with Crippen LogP contribution < -0.4 is 10.6 Å². The van der Waals surface area contributed by atoms with Crippen molar-refractivity contribution in [3.63, 3.8) is 0 Å². The largest absolute Gasteiger partial charge is 0.357 e. The Hall–Kier alpha value is -1.03. The Bertz CT molecular complexity index is 617. The number of halogens is 2. The van der Waals surface area contributed by atoms with E-state index in [2.05, 4.69) is 15.6 Å². The second-order valence-corrected chi connectivity index (χ2v) is 7.33. The third-order valence-corrected chi connectivity index (χ3v) is 5.24. The fourth-order valence-corrected chi connectivity index (χ4v) is 3.68. The molecule has 1 aromatic carbocycles. The number of guanidine groups is 1. The molecule has 0 radical (unpaired) electrons. The lowest BCUT2D eigenvalue weighted by Crippen LogP contribution is -2.45. The third-order valence-electron chi connectivity index (χ3n) is 4.25. The number of carbonyl (C=O) groups excluding carboxylic acids is 1. The van der Waals surface area contributed by atoms with Crippen molar-refractivity contribution in [2.75, 3.05) is 31.9 Å². The zero-order valence-electron chi connectivity index (χ0n) is 16.0. The monoisotopic (exact) mass is 508 g/mol. The summed E-state index contributed by atoms with van der Waals surface area (Å²) in [5.41, 5.74) is 0.734. The molecule has 2 rings (SSSR count). The normalized spacial score (nSPS) is 16.8. The number of thioether (sulfide) groups is 1. The van der Waals surface area contributed by atoms with Gasteiger partial charge in [0.05, 0.1) is 6.54 Å². The van der Waals surface area contributed by atoms with Crippen molar-refractivity contribution < 1.29 is 9.18 Å². The summed E-state index contributed by atoms with van der Waals surface area (Å²) < 4.78 is 13.6. The molecule has 1 aliphatic heterocycles. The fraction of sp³-hybridized carbons (Fsp3) is 0.579. The number of amides is 1. The van der Waals surface area contributed by atoms with Gasteiger partial charge in [0, 0.05) is 43.6 Å². The molecular weight excluding hydrogens is 478 g/mol. The van der Waals surface area contributed by atoms with Gasteiger partial charge in [-0.2, -0.15) is 11.8 Å². The Labute approximate surface area is 183 Å². The summed E-state index contributed by atoms with van der Waals surface area (Å²) in [4.78, 5) is 18.3. The number of nitrogens with one attached hydrogen (secondary N) is 2. The molecule has 1 atom stereocenters. The van der Waals surface area contributed by atoms with Gasteiger partial charge in [0.2, 0.25) is 5.91 Å². The first-order chi connectivity index (χ1) is 12.6. The number of hydrogen-bond acceptors (Lipinski definition) is 3. The number of hydrogen-bond donors (Lipinski definition) is 2. The first-order valence-electron chi connectivity index (χ1n) is 9.27. The Morgan fingerprint density at radius 3 is 2.85 bits per heavy atom. The standard InChI is InChI=1S/C19H29FN4OS.HI/c1-3-18(25)24-11-9-16(13-24)23-19(21-4-2)22-10-12-26-14-15-7-5-6-8-17(15)20;/h5-8,16H,3-4,9-14H2,1-2H3,(H2,21,22,23);1H. The molecule has 8 heteroatoms. The van der Waals surface area contributed by atoms with Crippen LogP contribution in [0.4, 0.5) is 4.39 Å². The van der Waals surface area contributed by atoms with Gasteiger partial charge in [0.1, 0.15) is 5.82 Å². The van der Waals surface area contributed by atoms with Gasteiger partial charge < -0.3 is 15.5 Å². The lowest BCUT2D eigenvalue weighted by atomic mass is 10.2. The van der Waals surface area contributed by atoms with E-state index in [1.54, 1.807) is 17.8 Å². The summed E-state index contributed by atoms with van der Waals surface area (Å²) in [7, 11) is 0. The molecule has 0 bridgehead atoms. The van der Waals surface area contributed by atoms with Crippen LogP contribution in [-0.2, 0) is 10.5 Å². The van der Waals surface area contributed by atoms with Crippen molar-refractivity contribution in [3.05, 3.63) is 35.6 Å². The molecule has 1 aromatic rings. The molecule has 1 saturated heterocycles. The van der Waals surface area contributed by atoms with Crippen LogP contribution >= 0.6 is 35.7 Å². The number of carbonyl (C=O) groups is 1. The van der Waals surface area contributed by atoms with E-state index in [-0.39, 0.29) is 41.7 Å². The second-order valence-electron chi connectivity index (χ2n) is 6.23. The smallest absolute Gasteiger partial charge is 0.222 e. The van der Waals surface area contributed by atoms with Crippen molar-refractivity contribution in [2.24, 2.45) is 4.99 Å². The predicted octanol–water partition coefficient (Wildman–Crippen LogP) is 3.24. The Balaban J connectivity index is 0.00000364. The summed E-state index contributed by atoms with van der Waals surface area (Å²) in [6.07, 6.45) is 1.50. The molecule has 0 saturated carbocycles. The lowest BCUT2D eigenvalue weighted by molar-refractivity contribution is -0.129. The maximum absolute atomic E-state index is 13.6. The lowest BCUT2D eigenvalue weighted by Gasteiger charge is -2.18. The van der Waals surface area contributed by atoms with Gasteiger partial charge in [-0.1, -0.05) is 25.1 Å². The van der Waals surface area contributed by atoms with E-state index in [4.69, 9.17) is 0 Å². The number of benzene rings is 1. The molecule has 1 fully saturated rings. The molecule has 0 spiro atoms. The first-order valence-corrected chi connectivity index (χ1v) is 10.4. The molecule has 1 amide bonds. The average molecular weight is 508 g/mol. The van der Waals surface area contributed by atoms with Crippen LogP contribution in [0.15, 0.2) is 29.3 Å². The minimum atomic E-state index is -0.147. The number of likely N-dealkylation sites (tertiary alicyclic amines) is 1. The maximum atomic E-state index is 13.6. The van der Waals surface area contributed by atoms with Gasteiger partial charge in [-0.3, -0.25) is 9.79 Å². The Morgan fingerprint density at radius 2 is 2.15 bits per heavy atom. The molecule has 2 N–H and O–H groups in total. The van der Waals surface area contributed by atoms with E-state index < -0.39 is 0 Å². The highest BCUT2D eigenvalue weighted by Gasteiger charge is 2.25. The van der Waals surface area contributed by atoms with Gasteiger partial charge in [-0.25, -0.2) is 4.39 Å². The van der Waals surface area contributed by atoms with Gasteiger partial charge >= 0.3 is 0 Å². The van der Waals surface area contributed by atoms with Crippen molar-refractivity contribution >= 4 is 47.6 Å². The van der Waals surface area contributed by atoms with E-state index in [1.165, 1.54) is 6.07 Å². The summed E-state index contributed by atoms with van der Waals surface area (Å²) in [6, 6.07) is 7.13. The zero-order valence-corrected chi connectivity index (χ0v) is 19.2. The van der Waals surface area contributed by atoms with E-state index in [1.807, 2.05) is 30.9 Å². The topological polar surface area (TPSA) is 56.7 Å². The van der Waals surface area contributed by atoms with Gasteiger partial charge in [0.25, 0.3) is 0 Å². The van der Waals surface area contributed by atoms with Crippen molar-refractivity contribution in [1.29, 1.82) is 0 Å². The van der Waals surface area contributed by atoms with Crippen LogP contribution in [0.1, 0.15) is 32.3 Å². The highest BCUT2D eigenvalue weighted by atomic mass is 127. The average Bonchev–Trinajstić information content (AvgIpc) is 3.11. The molecule has 152 valence electrons. The van der Waals surface area contributed by atoms with Crippen molar-refractivity contribution in [2.45, 2.75) is 38.5 Å². The Morgan fingerprint density at radius 1 is 1.37 bits per heavy atom. The minimum Gasteiger partial charge on any atom is -0.357 e. The predicted molar refractivity (Wildman–Crippen MR) is 122 cm³/mol. The molecule has 0 aromatic heterocycles. The zero-order chi connectivity index (χ0) is 18.8. The highest BCUT2D eigenvalue weighted by molar-refractivity contribution is 14.0. The third kappa shape index (κ3) is 8.25. The van der Waals surface area contributed by atoms with Gasteiger partial charge in [0.15, 0.2) is 5.96 Å². The number of aliphatic imine (C=N–C) groups is 1. The molecule has 5 nitrogen and oxygen atoms in total. The molecule has 1 heterocycles. The molecule has 1 aliphatic rings. The second kappa shape index (κ2) is 13.2. The molecule has 0 aliphatic carbocycles. The molecule has 27 heavy (non-hydrogen) atoms. The quantitative estimate of drug-likeness (QED) is 0.245. The van der Waals surface area contributed by atoms with E-state index >= 15 is 0 Å². The van der Waals surface area contributed by atoms with Crippen LogP contribution in [0.25, 0.3) is 0 Å². The van der Waals surface area contributed by atoms with Crippen molar-refractivity contribution in [3.8, 4) is 0 Å². The SMILES string of the molecule is CCNC(=NCCSCc1ccccc1F)NC1CCN(C(=O)CC)C1.I. The minimum absolute atomic E-state index is 0. The summed E-state index contributed by atoms with van der Waals surface area (Å²) in [6.45, 7) is 6.93. The van der Waals surface area contributed by atoms with Crippen LogP contribution in [0.2, 0.25) is 0 Å². The van der Waals surface area contributed by atoms with E-state index in [0.29, 0.717) is 18.7 Å². The number of nitrogens with zero attached hydrogens (tertiary/aromatic N) is 2. The van der Waals surface area contributed by atoms with E-state index in [9.17, 15) is 9.18 Å². The summed E-state index contributed by atoms with van der Waals surface area (Å²) in [5, 5.41) is 6.67. The van der Waals surface area contributed by atoms with Gasteiger partial charge in [-0.15, -0.1) is 24.0 Å². The van der Waals surface area contributed by atoms with Crippen LogP contribution in [0, 0.1) is 5.82 Å². The van der Waals surface area contributed by atoms with Crippen molar-refractivity contribution in [1.82, 2.24) is 15.5 Å². The van der Waals surface area contributed by atoms with E-state index in [0.717, 1.165) is 43.3 Å². The molecular formula is C19H30FIN4OS. The van der Waals surface area contributed by atoms with Crippen LogP contribution in [0.5, 0.6) is 0 Å². The van der Waals surface area contributed by atoms with Crippen LogP contribution in [-0.4, -0.2) is 54.7 Å². The first kappa shape index (κ1) is 24.0. The van der Waals surface area contributed by atoms with Crippen LogP contribution in [0.3, 0.4) is 0 Å². The summed E-state index contributed by atoms with van der Waals surface area (Å²) >= 11 is 1.68. The Kier molecular flexibility index (Phi) is 11.7. The maximum Gasteiger partial charge on any atom is 0.222 e. The molecule has 1 unspecified atom stereocenters. The summed E-state index contributed by atoms with van der Waals surface area (Å²) in [5.74, 6) is 2.33. The fourth-order valence-electron chi connectivity index (χ4n) is 2.86. The van der Waals surface area contributed by atoms with Gasteiger partial charge in [-0.05, 0) is 25.0 Å². The number of rotatable bonds is 8. The highest BCUT2D eigenvalue weighted by Crippen LogP contribution is 2.15.